The molecule has 5 nitrogen and oxygen atoms in total. The van der Waals surface area contributed by atoms with Crippen LogP contribution >= 0.6 is 34.5 Å². The molecule has 8 heteroatoms. The van der Waals surface area contributed by atoms with Crippen LogP contribution in [0.15, 0.2) is 23.6 Å². The summed E-state index contributed by atoms with van der Waals surface area (Å²) in [7, 11) is 0. The number of H-pyrrole nitrogens is 1. The van der Waals surface area contributed by atoms with Gasteiger partial charge in [0.15, 0.2) is 11.0 Å². The minimum atomic E-state index is 0.442. The normalized spacial score (nSPS) is 10.9. The van der Waals surface area contributed by atoms with Crippen molar-refractivity contribution in [2.24, 2.45) is 0 Å². The number of nitrogen functional groups attached to an aromatic ring is 1. The fourth-order valence-corrected chi connectivity index (χ4v) is 2.69. The van der Waals surface area contributed by atoms with Crippen molar-refractivity contribution in [3.05, 3.63) is 45.1 Å². The van der Waals surface area contributed by atoms with Gasteiger partial charge in [-0.15, -0.1) is 11.3 Å². The Morgan fingerprint density at radius 2 is 2.10 bits per heavy atom. The minimum Gasteiger partial charge on any atom is -0.375 e. The molecule has 3 rings (SSSR count). The van der Waals surface area contributed by atoms with E-state index in [9.17, 15) is 0 Å². The second-order valence-corrected chi connectivity index (χ2v) is 5.74. The molecule has 20 heavy (non-hydrogen) atoms. The fourth-order valence-electron chi connectivity index (χ4n) is 1.75. The molecular formula is C12H9Cl2N5S. The first-order chi connectivity index (χ1) is 9.63. The smallest absolute Gasteiger partial charge is 0.182 e. The van der Waals surface area contributed by atoms with Crippen LogP contribution in [0, 0.1) is 0 Å². The number of nitrogens with zero attached hydrogens (tertiary/aromatic N) is 3. The van der Waals surface area contributed by atoms with Gasteiger partial charge in [-0.2, -0.15) is 5.10 Å². The topological polar surface area (TPSA) is 80.5 Å². The number of benzene rings is 1. The Labute approximate surface area is 128 Å². The Morgan fingerprint density at radius 3 is 2.85 bits per heavy atom. The number of rotatable bonds is 3. The molecule has 0 saturated carbocycles. The van der Waals surface area contributed by atoms with Crippen molar-refractivity contribution in [3.63, 3.8) is 0 Å². The summed E-state index contributed by atoms with van der Waals surface area (Å²) in [6, 6.07) is 5.35. The SMILES string of the molecule is Nc1nc(Cc2nc(-c3cccc(Cl)c3Cl)n[nH]2)cs1. The van der Waals surface area contributed by atoms with Gasteiger partial charge in [0.05, 0.1) is 22.2 Å². The summed E-state index contributed by atoms with van der Waals surface area (Å²) >= 11 is 13.5. The number of hydrogen-bond acceptors (Lipinski definition) is 5. The Hall–Kier alpha value is -1.63. The summed E-state index contributed by atoms with van der Waals surface area (Å²) in [6.45, 7) is 0. The van der Waals surface area contributed by atoms with E-state index in [1.807, 2.05) is 11.4 Å². The molecule has 2 aromatic heterocycles. The Morgan fingerprint density at radius 1 is 1.25 bits per heavy atom. The molecule has 0 aliphatic rings. The zero-order valence-electron chi connectivity index (χ0n) is 10.1. The van der Waals surface area contributed by atoms with E-state index in [0.717, 1.165) is 5.69 Å². The van der Waals surface area contributed by atoms with Crippen LogP contribution in [0.1, 0.15) is 11.5 Å². The number of halogens is 2. The lowest BCUT2D eigenvalue weighted by Gasteiger charge is -2.00. The molecule has 0 unspecified atom stereocenters. The van der Waals surface area contributed by atoms with Gasteiger partial charge in [-0.3, -0.25) is 5.10 Å². The molecule has 0 radical (unpaired) electrons. The van der Waals surface area contributed by atoms with E-state index in [-0.39, 0.29) is 0 Å². The molecular weight excluding hydrogens is 317 g/mol. The van der Waals surface area contributed by atoms with Crippen LogP contribution in [-0.2, 0) is 6.42 Å². The number of nitrogens with two attached hydrogens (primary N) is 1. The molecule has 3 N–H and O–H groups in total. The molecule has 0 atom stereocenters. The molecule has 0 bridgehead atoms. The zero-order chi connectivity index (χ0) is 14.1. The summed E-state index contributed by atoms with van der Waals surface area (Å²) < 4.78 is 0. The molecule has 0 fully saturated rings. The van der Waals surface area contributed by atoms with Crippen molar-refractivity contribution in [1.29, 1.82) is 0 Å². The molecule has 3 aromatic rings. The van der Waals surface area contributed by atoms with Gasteiger partial charge in [0.25, 0.3) is 0 Å². The second-order valence-electron chi connectivity index (χ2n) is 4.06. The third kappa shape index (κ3) is 2.63. The standard InChI is InChI=1S/C12H9Cl2N5S/c13-8-3-1-2-7(10(8)14)11-17-9(18-19-11)4-6-5-20-12(15)16-6/h1-3,5H,4H2,(H2,15,16)(H,17,18,19). The van der Waals surface area contributed by atoms with Gasteiger partial charge in [-0.25, -0.2) is 9.97 Å². The lowest BCUT2D eigenvalue weighted by Crippen LogP contribution is -1.92. The number of hydrogen-bond donors (Lipinski definition) is 2. The largest absolute Gasteiger partial charge is 0.375 e. The highest BCUT2D eigenvalue weighted by molar-refractivity contribution is 7.13. The first-order valence-electron chi connectivity index (χ1n) is 5.69. The zero-order valence-corrected chi connectivity index (χ0v) is 12.4. The average molecular weight is 326 g/mol. The van der Waals surface area contributed by atoms with Crippen molar-refractivity contribution in [2.45, 2.75) is 6.42 Å². The highest BCUT2D eigenvalue weighted by Crippen LogP contribution is 2.31. The van der Waals surface area contributed by atoms with E-state index in [4.69, 9.17) is 28.9 Å². The summed E-state index contributed by atoms with van der Waals surface area (Å²) in [5.41, 5.74) is 7.14. The molecule has 1 aromatic carbocycles. The van der Waals surface area contributed by atoms with Gasteiger partial charge >= 0.3 is 0 Å². The van der Waals surface area contributed by atoms with E-state index in [2.05, 4.69) is 20.2 Å². The second kappa shape index (κ2) is 5.40. The van der Waals surface area contributed by atoms with E-state index < -0.39 is 0 Å². The van der Waals surface area contributed by atoms with Gasteiger partial charge in [0.2, 0.25) is 0 Å². The molecule has 0 aliphatic heterocycles. The highest BCUT2D eigenvalue weighted by Gasteiger charge is 2.12. The highest BCUT2D eigenvalue weighted by atomic mass is 35.5. The first-order valence-corrected chi connectivity index (χ1v) is 7.32. The number of aromatic nitrogens is 4. The molecule has 0 aliphatic carbocycles. The van der Waals surface area contributed by atoms with Crippen molar-refractivity contribution >= 4 is 39.7 Å². The molecule has 0 amide bonds. The number of thiazole rings is 1. The summed E-state index contributed by atoms with van der Waals surface area (Å²) in [5.74, 6) is 1.21. The van der Waals surface area contributed by atoms with Crippen LogP contribution in [0.5, 0.6) is 0 Å². The predicted octanol–water partition coefficient (Wildman–Crippen LogP) is 3.41. The predicted molar refractivity (Wildman–Crippen MR) is 81.2 cm³/mol. The Balaban J connectivity index is 1.88. The van der Waals surface area contributed by atoms with Crippen molar-refractivity contribution in [1.82, 2.24) is 20.2 Å². The van der Waals surface area contributed by atoms with E-state index in [1.165, 1.54) is 11.3 Å². The monoisotopic (exact) mass is 325 g/mol. The molecule has 102 valence electrons. The Kier molecular flexibility index (Phi) is 3.60. The maximum Gasteiger partial charge on any atom is 0.182 e. The number of nitrogens with one attached hydrogen (secondary N) is 1. The Bertz CT molecular complexity index is 752. The van der Waals surface area contributed by atoms with Crippen LogP contribution in [0.3, 0.4) is 0 Å². The van der Waals surface area contributed by atoms with Gasteiger partial charge < -0.3 is 5.73 Å². The molecule has 2 heterocycles. The van der Waals surface area contributed by atoms with Gasteiger partial charge in [0.1, 0.15) is 5.82 Å². The number of aromatic amines is 1. The maximum absolute atomic E-state index is 6.15. The lowest BCUT2D eigenvalue weighted by atomic mass is 10.2. The van der Waals surface area contributed by atoms with Crippen LogP contribution in [0.4, 0.5) is 5.13 Å². The van der Waals surface area contributed by atoms with Crippen molar-refractivity contribution in [2.75, 3.05) is 5.73 Å². The third-order valence-electron chi connectivity index (χ3n) is 2.64. The van der Waals surface area contributed by atoms with Gasteiger partial charge in [-0.1, -0.05) is 29.3 Å². The summed E-state index contributed by atoms with van der Waals surface area (Å²) in [4.78, 5) is 8.58. The first kappa shape index (κ1) is 13.4. The van der Waals surface area contributed by atoms with Gasteiger partial charge in [-0.05, 0) is 12.1 Å². The lowest BCUT2D eigenvalue weighted by molar-refractivity contribution is 0.952. The van der Waals surface area contributed by atoms with Crippen molar-refractivity contribution < 1.29 is 0 Å². The van der Waals surface area contributed by atoms with E-state index in [0.29, 0.717) is 38.8 Å². The average Bonchev–Trinajstić information content (AvgIpc) is 3.03. The summed E-state index contributed by atoms with van der Waals surface area (Å²) in [5, 5.41) is 10.4. The van der Waals surface area contributed by atoms with Crippen molar-refractivity contribution in [3.8, 4) is 11.4 Å². The van der Waals surface area contributed by atoms with Crippen LogP contribution in [-0.4, -0.2) is 20.2 Å². The third-order valence-corrected chi connectivity index (χ3v) is 4.18. The minimum absolute atomic E-state index is 0.442. The van der Waals surface area contributed by atoms with E-state index >= 15 is 0 Å². The quantitative estimate of drug-likeness (QED) is 0.773. The molecule has 0 saturated heterocycles. The fraction of sp³-hybridized carbons (Fsp3) is 0.0833. The van der Waals surface area contributed by atoms with Crippen LogP contribution in [0.2, 0.25) is 10.0 Å². The number of anilines is 1. The molecule has 0 spiro atoms. The van der Waals surface area contributed by atoms with Crippen LogP contribution < -0.4 is 5.73 Å². The van der Waals surface area contributed by atoms with Crippen LogP contribution in [0.25, 0.3) is 11.4 Å². The van der Waals surface area contributed by atoms with Gasteiger partial charge in [0, 0.05) is 10.9 Å². The van der Waals surface area contributed by atoms with E-state index in [1.54, 1.807) is 12.1 Å². The maximum atomic E-state index is 6.15. The summed E-state index contributed by atoms with van der Waals surface area (Å²) in [6.07, 6.45) is 0.541.